The maximum Gasteiger partial charge on any atom is 0.231 e. The van der Waals surface area contributed by atoms with E-state index in [0.717, 1.165) is 44.5 Å². The third-order valence-electron chi connectivity index (χ3n) is 5.36. The summed E-state index contributed by atoms with van der Waals surface area (Å²) in [5.41, 5.74) is 2.12. The summed E-state index contributed by atoms with van der Waals surface area (Å²) in [5.74, 6) is 4.08. The summed E-state index contributed by atoms with van der Waals surface area (Å²) in [6.45, 7) is 0.291. The molecule has 0 atom stereocenters. The van der Waals surface area contributed by atoms with Crippen molar-refractivity contribution in [2.45, 2.75) is 48.9 Å². The second-order valence-corrected chi connectivity index (χ2v) is 9.04. The number of hydrogen-bond donors (Lipinski definition) is 0. The van der Waals surface area contributed by atoms with Crippen LogP contribution in [0.4, 0.5) is 0 Å². The molecule has 1 aliphatic heterocycles. The average Bonchev–Trinajstić information content (AvgIpc) is 3.46. The third kappa shape index (κ3) is 3.51. The normalized spacial score (nSPS) is 16.6. The molecule has 1 aliphatic carbocycles. The summed E-state index contributed by atoms with van der Waals surface area (Å²) in [6.07, 6.45) is 6.44. The monoisotopic (exact) mass is 414 g/mol. The van der Waals surface area contributed by atoms with Crippen LogP contribution in [0.15, 0.2) is 28.7 Å². The van der Waals surface area contributed by atoms with Gasteiger partial charge in [0.15, 0.2) is 16.7 Å². The number of benzene rings is 1. The van der Waals surface area contributed by atoms with Crippen LogP contribution in [-0.4, -0.2) is 26.5 Å². The van der Waals surface area contributed by atoms with Gasteiger partial charge in [-0.05, 0) is 31.0 Å². The van der Waals surface area contributed by atoms with Gasteiger partial charge in [-0.25, -0.2) is 4.98 Å². The lowest BCUT2D eigenvalue weighted by Gasteiger charge is -2.20. The first-order valence-corrected chi connectivity index (χ1v) is 11.5. The van der Waals surface area contributed by atoms with Crippen LogP contribution in [0.1, 0.15) is 49.5 Å². The molecule has 2 aromatic heterocycles. The van der Waals surface area contributed by atoms with Crippen LogP contribution in [0.3, 0.4) is 0 Å². The van der Waals surface area contributed by atoms with Crippen molar-refractivity contribution in [1.29, 1.82) is 0 Å². The van der Waals surface area contributed by atoms with Crippen molar-refractivity contribution in [3.05, 3.63) is 35.1 Å². The largest absolute Gasteiger partial charge is 0.454 e. The molecule has 0 saturated heterocycles. The van der Waals surface area contributed by atoms with Crippen molar-refractivity contribution in [3.8, 4) is 22.1 Å². The van der Waals surface area contributed by atoms with Gasteiger partial charge in [-0.15, -0.1) is 21.5 Å². The first-order valence-electron chi connectivity index (χ1n) is 9.64. The van der Waals surface area contributed by atoms with Gasteiger partial charge in [-0.3, -0.25) is 0 Å². The fourth-order valence-corrected chi connectivity index (χ4v) is 5.57. The van der Waals surface area contributed by atoms with E-state index in [1.807, 2.05) is 18.2 Å². The fourth-order valence-electron chi connectivity index (χ4n) is 3.84. The maximum atomic E-state index is 5.47. The molecule has 6 nitrogen and oxygen atoms in total. The van der Waals surface area contributed by atoms with Crippen LogP contribution >= 0.6 is 23.1 Å². The zero-order valence-corrected chi connectivity index (χ0v) is 17.4. The first kappa shape index (κ1) is 18.0. The van der Waals surface area contributed by atoms with E-state index in [1.54, 1.807) is 23.1 Å². The molecular weight excluding hydrogens is 392 g/mol. The Balaban J connectivity index is 1.26. The van der Waals surface area contributed by atoms with E-state index >= 15 is 0 Å². The minimum absolute atomic E-state index is 0.291. The van der Waals surface area contributed by atoms with Gasteiger partial charge >= 0.3 is 0 Å². The first-order chi connectivity index (χ1) is 13.8. The maximum absolute atomic E-state index is 5.47. The quantitative estimate of drug-likeness (QED) is 0.547. The molecule has 146 valence electrons. The van der Waals surface area contributed by atoms with Crippen LogP contribution < -0.4 is 9.47 Å². The Morgan fingerprint density at radius 1 is 1.14 bits per heavy atom. The molecule has 1 saturated carbocycles. The number of thiazole rings is 1. The summed E-state index contributed by atoms with van der Waals surface area (Å²) in [5, 5.41) is 13.0. The Bertz CT molecular complexity index is 978. The van der Waals surface area contributed by atoms with Gasteiger partial charge in [-0.1, -0.05) is 31.0 Å². The molecule has 2 aliphatic rings. The number of aromatic nitrogens is 4. The molecular formula is C20H22N4O2S2. The third-order valence-corrected chi connectivity index (χ3v) is 7.35. The van der Waals surface area contributed by atoms with Gasteiger partial charge in [0.1, 0.15) is 10.8 Å². The van der Waals surface area contributed by atoms with Gasteiger partial charge < -0.3 is 14.0 Å². The van der Waals surface area contributed by atoms with E-state index in [4.69, 9.17) is 14.5 Å². The highest BCUT2D eigenvalue weighted by Gasteiger charge is 2.22. The average molecular weight is 415 g/mol. The topological polar surface area (TPSA) is 62.1 Å². The van der Waals surface area contributed by atoms with Gasteiger partial charge in [0.2, 0.25) is 6.79 Å². The second-order valence-electron chi connectivity index (χ2n) is 7.24. The number of fused-ring (bicyclic) bond motifs is 1. The highest BCUT2D eigenvalue weighted by molar-refractivity contribution is 7.98. The lowest BCUT2D eigenvalue weighted by atomic mass is 9.89. The Hall–Kier alpha value is -2.06. The van der Waals surface area contributed by atoms with Crippen LogP contribution in [0.2, 0.25) is 0 Å². The Kier molecular flexibility index (Phi) is 4.98. The van der Waals surface area contributed by atoms with E-state index in [2.05, 4.69) is 27.2 Å². The summed E-state index contributed by atoms with van der Waals surface area (Å²) >= 11 is 3.35. The number of rotatable bonds is 5. The molecule has 0 spiro atoms. The van der Waals surface area contributed by atoms with Crippen LogP contribution in [-0.2, 0) is 12.8 Å². The zero-order chi connectivity index (χ0) is 18.9. The van der Waals surface area contributed by atoms with Crippen LogP contribution in [0.25, 0.3) is 10.6 Å². The highest BCUT2D eigenvalue weighted by atomic mass is 32.2. The molecule has 3 aromatic rings. The SMILES string of the molecule is Cn1c(SCc2csc(-c3ccc4c(c3)OCO4)n2)nnc1C1CCCCC1. The molecule has 1 aromatic carbocycles. The minimum Gasteiger partial charge on any atom is -0.454 e. The fraction of sp³-hybridized carbons (Fsp3) is 0.450. The van der Waals surface area contributed by atoms with E-state index in [1.165, 1.54) is 32.1 Å². The smallest absolute Gasteiger partial charge is 0.231 e. The van der Waals surface area contributed by atoms with Gasteiger partial charge in [0.05, 0.1) is 5.69 Å². The highest BCUT2D eigenvalue weighted by Crippen LogP contribution is 2.37. The van der Waals surface area contributed by atoms with Gasteiger partial charge in [0, 0.05) is 29.7 Å². The summed E-state index contributed by atoms with van der Waals surface area (Å²) in [4.78, 5) is 4.79. The van der Waals surface area contributed by atoms with Crippen molar-refractivity contribution >= 4 is 23.1 Å². The number of nitrogens with zero attached hydrogens (tertiary/aromatic N) is 4. The molecule has 0 unspecified atom stereocenters. The molecule has 8 heteroatoms. The Morgan fingerprint density at radius 3 is 2.89 bits per heavy atom. The Morgan fingerprint density at radius 2 is 2.00 bits per heavy atom. The van der Waals surface area contributed by atoms with E-state index in [-0.39, 0.29) is 0 Å². The molecule has 5 rings (SSSR count). The molecule has 0 N–H and O–H groups in total. The molecule has 28 heavy (non-hydrogen) atoms. The van der Waals surface area contributed by atoms with Crippen LogP contribution in [0.5, 0.6) is 11.5 Å². The van der Waals surface area contributed by atoms with Crippen molar-refractivity contribution in [3.63, 3.8) is 0 Å². The minimum atomic E-state index is 0.291. The standard InChI is InChI=1S/C20H22N4O2S2/c1-24-18(13-5-3-2-4-6-13)22-23-20(24)28-11-15-10-27-19(21-15)14-7-8-16-17(9-14)26-12-25-16/h7-10,13H,2-6,11-12H2,1H3. The summed E-state index contributed by atoms with van der Waals surface area (Å²) < 4.78 is 13.0. The molecule has 0 amide bonds. The Labute approximate surface area is 172 Å². The van der Waals surface area contributed by atoms with Crippen molar-refractivity contribution < 1.29 is 9.47 Å². The lowest BCUT2D eigenvalue weighted by Crippen LogP contribution is -2.10. The number of thioether (sulfide) groups is 1. The van der Waals surface area contributed by atoms with E-state index < -0.39 is 0 Å². The summed E-state index contributed by atoms with van der Waals surface area (Å²) in [6, 6.07) is 5.97. The second kappa shape index (κ2) is 7.75. The molecule has 0 radical (unpaired) electrons. The number of hydrogen-bond acceptors (Lipinski definition) is 7. The number of ether oxygens (including phenoxy) is 2. The van der Waals surface area contributed by atoms with E-state index in [0.29, 0.717) is 12.7 Å². The molecule has 1 fully saturated rings. The zero-order valence-electron chi connectivity index (χ0n) is 15.8. The lowest BCUT2D eigenvalue weighted by molar-refractivity contribution is 0.174. The van der Waals surface area contributed by atoms with Crippen molar-refractivity contribution in [1.82, 2.24) is 19.7 Å². The van der Waals surface area contributed by atoms with Gasteiger partial charge in [0.25, 0.3) is 0 Å². The predicted octanol–water partition coefficient (Wildman–Crippen LogP) is 5.01. The van der Waals surface area contributed by atoms with Crippen LogP contribution in [0, 0.1) is 0 Å². The van der Waals surface area contributed by atoms with Crippen molar-refractivity contribution in [2.24, 2.45) is 7.05 Å². The van der Waals surface area contributed by atoms with E-state index in [9.17, 15) is 0 Å². The van der Waals surface area contributed by atoms with Crippen molar-refractivity contribution in [2.75, 3.05) is 6.79 Å². The van der Waals surface area contributed by atoms with Gasteiger partial charge in [-0.2, -0.15) is 0 Å². The molecule has 0 bridgehead atoms. The summed E-state index contributed by atoms with van der Waals surface area (Å²) in [7, 11) is 2.09. The predicted molar refractivity (Wildman–Crippen MR) is 110 cm³/mol. The molecule has 3 heterocycles.